The van der Waals surface area contributed by atoms with E-state index in [9.17, 15) is 14.7 Å². The highest BCUT2D eigenvalue weighted by atomic mass is 35.5. The van der Waals surface area contributed by atoms with E-state index in [-0.39, 0.29) is 18.2 Å². The monoisotopic (exact) mass is 463 g/mol. The molecule has 0 saturated carbocycles. The summed E-state index contributed by atoms with van der Waals surface area (Å²) in [4.78, 5) is 25.5. The predicted octanol–water partition coefficient (Wildman–Crippen LogP) is 3.92. The molecule has 8 heteroatoms. The summed E-state index contributed by atoms with van der Waals surface area (Å²) < 4.78 is 5.20. The van der Waals surface area contributed by atoms with Gasteiger partial charge in [-0.1, -0.05) is 48.0 Å². The van der Waals surface area contributed by atoms with Gasteiger partial charge in [-0.3, -0.25) is 9.59 Å². The van der Waals surface area contributed by atoms with Crippen LogP contribution in [0.4, 0.5) is 11.4 Å². The molecule has 0 aliphatic carbocycles. The Morgan fingerprint density at radius 2 is 1.91 bits per heavy atom. The highest BCUT2D eigenvalue weighted by Crippen LogP contribution is 2.30. The van der Waals surface area contributed by atoms with E-state index in [1.54, 1.807) is 31.4 Å². The number of carbonyl (C=O) groups is 2. The molecule has 0 aromatic heterocycles. The van der Waals surface area contributed by atoms with Crippen LogP contribution in [0.2, 0.25) is 5.02 Å². The lowest BCUT2D eigenvalue weighted by Crippen LogP contribution is -2.48. The fraction of sp³-hybridized carbons (Fsp3) is 0.120. The molecule has 3 aromatic rings. The van der Waals surface area contributed by atoms with Crippen molar-refractivity contribution in [3.8, 4) is 16.9 Å². The number of anilines is 2. The summed E-state index contributed by atoms with van der Waals surface area (Å²) in [6.45, 7) is 0. The molecule has 0 bridgehead atoms. The zero-order valence-corrected chi connectivity index (χ0v) is 18.5. The van der Waals surface area contributed by atoms with Crippen molar-refractivity contribution in [2.45, 2.75) is 12.8 Å². The quantitative estimate of drug-likeness (QED) is 0.515. The van der Waals surface area contributed by atoms with Gasteiger partial charge < -0.3 is 25.4 Å². The lowest BCUT2D eigenvalue weighted by atomic mass is 10.0. The maximum atomic E-state index is 12.7. The third kappa shape index (κ3) is 5.34. The largest absolute Gasteiger partial charge is 0.495 e. The maximum absolute atomic E-state index is 12.7. The lowest BCUT2D eigenvalue weighted by molar-refractivity contribution is -0.119. The molecule has 1 unspecified atom stereocenters. The van der Waals surface area contributed by atoms with Crippen molar-refractivity contribution in [2.75, 3.05) is 17.3 Å². The van der Waals surface area contributed by atoms with Gasteiger partial charge in [0.2, 0.25) is 18.2 Å². The molecule has 168 valence electrons. The summed E-state index contributed by atoms with van der Waals surface area (Å²) in [5.74, 6) is 0.0515. The Hall–Kier alpha value is -3.81. The Kier molecular flexibility index (Phi) is 6.63. The van der Waals surface area contributed by atoms with Gasteiger partial charge in [-0.2, -0.15) is 0 Å². The van der Waals surface area contributed by atoms with Crippen LogP contribution in [0.3, 0.4) is 0 Å². The minimum Gasteiger partial charge on any atom is -0.495 e. The van der Waals surface area contributed by atoms with Crippen molar-refractivity contribution < 1.29 is 19.4 Å². The zero-order chi connectivity index (χ0) is 23.4. The molecule has 0 spiro atoms. The molecule has 7 nitrogen and oxygen atoms in total. The van der Waals surface area contributed by atoms with Gasteiger partial charge in [0.15, 0.2) is 0 Å². The molecule has 2 amide bonds. The van der Waals surface area contributed by atoms with E-state index in [1.807, 2.05) is 42.5 Å². The number of amides is 2. The lowest BCUT2D eigenvalue weighted by Gasteiger charge is -2.29. The van der Waals surface area contributed by atoms with Crippen molar-refractivity contribution in [1.82, 2.24) is 5.32 Å². The van der Waals surface area contributed by atoms with E-state index >= 15 is 0 Å². The maximum Gasteiger partial charge on any atom is 0.248 e. The van der Waals surface area contributed by atoms with Crippen LogP contribution in [-0.4, -0.2) is 30.4 Å². The first-order valence-electron chi connectivity index (χ1n) is 10.2. The Morgan fingerprint density at radius 3 is 2.67 bits per heavy atom. The minimum atomic E-state index is -1.18. The minimum absolute atomic E-state index is 0.180. The third-order valence-electron chi connectivity index (χ3n) is 5.13. The average Bonchev–Trinajstić information content (AvgIpc) is 2.79. The second-order valence-electron chi connectivity index (χ2n) is 7.43. The molecule has 1 heterocycles. The first-order chi connectivity index (χ1) is 15.9. The number of hydrogen-bond acceptors (Lipinski definition) is 5. The van der Waals surface area contributed by atoms with E-state index < -0.39 is 6.35 Å². The van der Waals surface area contributed by atoms with Gasteiger partial charge in [-0.05, 0) is 47.0 Å². The second kappa shape index (κ2) is 9.77. The smallest absolute Gasteiger partial charge is 0.248 e. The number of methoxy groups -OCH3 is 1. The van der Waals surface area contributed by atoms with Crippen LogP contribution in [0.1, 0.15) is 5.56 Å². The first kappa shape index (κ1) is 22.4. The molecule has 3 aromatic carbocycles. The summed E-state index contributed by atoms with van der Waals surface area (Å²) >= 11 is 6.25. The van der Waals surface area contributed by atoms with Crippen LogP contribution >= 0.6 is 11.6 Å². The van der Waals surface area contributed by atoms with E-state index in [0.29, 0.717) is 22.1 Å². The van der Waals surface area contributed by atoms with Crippen molar-refractivity contribution in [3.63, 3.8) is 0 Å². The number of carbonyl (C=O) groups excluding carboxylic acids is 2. The topological polar surface area (TPSA) is 90.9 Å². The van der Waals surface area contributed by atoms with Gasteiger partial charge in [-0.15, -0.1) is 0 Å². The van der Waals surface area contributed by atoms with Crippen molar-refractivity contribution in [1.29, 1.82) is 0 Å². The van der Waals surface area contributed by atoms with Crippen LogP contribution in [0.15, 0.2) is 79.0 Å². The SMILES string of the molecule is COc1ccc(-c2cccc(CC(=O)Nc3cccc(N4C=CC(=O)NC4O)c3)c2)cc1Cl. The van der Waals surface area contributed by atoms with E-state index in [1.165, 1.54) is 17.2 Å². The van der Waals surface area contributed by atoms with Crippen LogP contribution in [-0.2, 0) is 16.0 Å². The van der Waals surface area contributed by atoms with E-state index in [4.69, 9.17) is 16.3 Å². The normalized spacial score (nSPS) is 15.2. The van der Waals surface area contributed by atoms with Gasteiger partial charge in [0.05, 0.1) is 18.6 Å². The second-order valence-corrected chi connectivity index (χ2v) is 7.84. The number of benzene rings is 3. The van der Waals surface area contributed by atoms with Gasteiger partial charge in [0.1, 0.15) is 5.75 Å². The number of halogens is 1. The first-order valence-corrected chi connectivity index (χ1v) is 10.6. The third-order valence-corrected chi connectivity index (χ3v) is 5.42. The molecule has 1 aliphatic rings. The van der Waals surface area contributed by atoms with Crippen LogP contribution in [0.25, 0.3) is 11.1 Å². The fourth-order valence-corrected chi connectivity index (χ4v) is 3.80. The summed E-state index contributed by atoms with van der Waals surface area (Å²) in [6, 6.07) is 20.3. The predicted molar refractivity (Wildman–Crippen MR) is 128 cm³/mol. The number of nitrogens with zero attached hydrogens (tertiary/aromatic N) is 1. The standard InChI is InChI=1S/C25H22ClN3O4/c1-33-22-9-8-18(14-21(22)26)17-5-2-4-16(12-17)13-24(31)27-19-6-3-7-20(15-19)29-11-10-23(30)28-25(29)32/h2-12,14-15,25,32H,13H2,1H3,(H,27,31)(H,28,30). The van der Waals surface area contributed by atoms with Crippen LogP contribution in [0, 0.1) is 0 Å². The number of hydrogen-bond donors (Lipinski definition) is 3. The molecule has 1 atom stereocenters. The summed E-state index contributed by atoms with van der Waals surface area (Å²) in [5, 5.41) is 15.9. The number of ether oxygens (including phenoxy) is 1. The van der Waals surface area contributed by atoms with Crippen molar-refractivity contribution in [3.05, 3.63) is 89.6 Å². The van der Waals surface area contributed by atoms with Gasteiger partial charge in [0, 0.05) is 23.7 Å². The Bertz CT molecular complexity index is 1230. The summed E-state index contributed by atoms with van der Waals surface area (Å²) in [6.07, 6.45) is 1.81. The number of aliphatic hydroxyl groups is 1. The van der Waals surface area contributed by atoms with E-state index in [2.05, 4.69) is 10.6 Å². The molecular formula is C25H22ClN3O4. The molecular weight excluding hydrogens is 442 g/mol. The average molecular weight is 464 g/mol. The fourth-order valence-electron chi connectivity index (χ4n) is 3.54. The molecule has 1 aliphatic heterocycles. The van der Waals surface area contributed by atoms with Gasteiger partial charge in [0.25, 0.3) is 0 Å². The molecule has 4 rings (SSSR count). The molecule has 0 saturated heterocycles. The van der Waals surface area contributed by atoms with E-state index in [0.717, 1.165) is 16.7 Å². The molecule has 3 N–H and O–H groups in total. The van der Waals surface area contributed by atoms with Crippen molar-refractivity contribution in [2.24, 2.45) is 0 Å². The summed E-state index contributed by atoms with van der Waals surface area (Å²) in [7, 11) is 1.57. The highest BCUT2D eigenvalue weighted by molar-refractivity contribution is 6.32. The Balaban J connectivity index is 1.45. The van der Waals surface area contributed by atoms with Crippen LogP contribution in [0.5, 0.6) is 5.75 Å². The molecule has 0 radical (unpaired) electrons. The Morgan fingerprint density at radius 1 is 1.12 bits per heavy atom. The number of aliphatic hydroxyl groups excluding tert-OH is 1. The van der Waals surface area contributed by atoms with Crippen molar-refractivity contribution >= 4 is 34.8 Å². The summed E-state index contributed by atoms with van der Waals surface area (Å²) in [5.41, 5.74) is 3.92. The molecule has 0 fully saturated rings. The molecule has 33 heavy (non-hydrogen) atoms. The Labute approximate surface area is 196 Å². The zero-order valence-electron chi connectivity index (χ0n) is 17.8. The van der Waals surface area contributed by atoms with Gasteiger partial charge in [-0.25, -0.2) is 0 Å². The highest BCUT2D eigenvalue weighted by Gasteiger charge is 2.20. The number of rotatable bonds is 6. The number of nitrogens with one attached hydrogen (secondary N) is 2. The van der Waals surface area contributed by atoms with Crippen LogP contribution < -0.4 is 20.3 Å². The van der Waals surface area contributed by atoms with Gasteiger partial charge >= 0.3 is 0 Å².